The molecule has 0 unspecified atom stereocenters. The molecule has 0 aromatic heterocycles. The summed E-state index contributed by atoms with van der Waals surface area (Å²) in [5.41, 5.74) is 9.80. The van der Waals surface area contributed by atoms with Crippen molar-refractivity contribution in [3.8, 4) is 0 Å². The van der Waals surface area contributed by atoms with Gasteiger partial charge in [0.25, 0.3) is 0 Å². The highest BCUT2D eigenvalue weighted by molar-refractivity contribution is 6.30. The van der Waals surface area contributed by atoms with Gasteiger partial charge in [-0.05, 0) is 96.3 Å². The van der Waals surface area contributed by atoms with E-state index >= 15 is 0 Å². The van der Waals surface area contributed by atoms with Crippen LogP contribution in [0.15, 0.2) is 60.7 Å². The van der Waals surface area contributed by atoms with Gasteiger partial charge in [-0.3, -0.25) is 0 Å². The summed E-state index contributed by atoms with van der Waals surface area (Å²) in [6, 6.07) is 20.2. The Bertz CT molecular complexity index is 1120. The van der Waals surface area contributed by atoms with Gasteiger partial charge in [-0.15, -0.1) is 0 Å². The van der Waals surface area contributed by atoms with Crippen LogP contribution in [0, 0.1) is 13.8 Å². The van der Waals surface area contributed by atoms with E-state index in [0.29, 0.717) is 5.56 Å². The highest BCUT2D eigenvalue weighted by Crippen LogP contribution is 2.41. The van der Waals surface area contributed by atoms with E-state index in [1.165, 1.54) is 22.3 Å². The molecule has 0 bridgehead atoms. The molecule has 0 heterocycles. The molecule has 4 rings (SSSR count). The zero-order chi connectivity index (χ0) is 20.5. The van der Waals surface area contributed by atoms with E-state index in [2.05, 4.69) is 44.2 Å². The number of hydrogen-bond donors (Lipinski definition) is 1. The van der Waals surface area contributed by atoms with E-state index in [1.807, 2.05) is 24.3 Å². The number of aromatic carboxylic acids is 1. The van der Waals surface area contributed by atoms with Crippen molar-refractivity contribution in [2.24, 2.45) is 0 Å². The van der Waals surface area contributed by atoms with Crippen LogP contribution in [0.5, 0.6) is 0 Å². The lowest BCUT2D eigenvalue weighted by Crippen LogP contribution is -2.01. The number of aryl methyl sites for hydroxylation is 3. The fourth-order valence-corrected chi connectivity index (χ4v) is 4.43. The molecule has 3 aromatic carbocycles. The first kappa shape index (κ1) is 19.5. The molecule has 1 aliphatic carbocycles. The summed E-state index contributed by atoms with van der Waals surface area (Å²) >= 11 is 6.22. The SMILES string of the molecule is Cc1ccc(C2=C(c3ccc(Cl)cc3C)CCCc3cc(C(=O)O)ccc32)cc1. The number of carboxylic acid groups (broad SMARTS) is 1. The normalized spacial score (nSPS) is 13.8. The number of halogens is 1. The zero-order valence-corrected chi connectivity index (χ0v) is 17.4. The molecule has 2 nitrogen and oxygen atoms in total. The lowest BCUT2D eigenvalue weighted by molar-refractivity contribution is 0.0696. The van der Waals surface area contributed by atoms with Crippen molar-refractivity contribution in [1.82, 2.24) is 0 Å². The molecular weight excluding hydrogens is 380 g/mol. The fourth-order valence-electron chi connectivity index (χ4n) is 4.21. The molecule has 1 aliphatic rings. The summed E-state index contributed by atoms with van der Waals surface area (Å²) in [4.78, 5) is 11.5. The number of carbonyl (C=O) groups is 1. The third-order valence-electron chi connectivity index (χ3n) is 5.65. The van der Waals surface area contributed by atoms with Crippen LogP contribution in [0.2, 0.25) is 5.02 Å². The van der Waals surface area contributed by atoms with Crippen LogP contribution in [-0.4, -0.2) is 11.1 Å². The molecule has 3 aromatic rings. The summed E-state index contributed by atoms with van der Waals surface area (Å²) in [5.74, 6) is -0.883. The van der Waals surface area contributed by atoms with Crippen LogP contribution in [0.1, 0.15) is 56.6 Å². The van der Waals surface area contributed by atoms with E-state index in [0.717, 1.165) is 46.5 Å². The number of allylic oxidation sites excluding steroid dienone is 1. The van der Waals surface area contributed by atoms with E-state index in [1.54, 1.807) is 6.07 Å². The summed E-state index contributed by atoms with van der Waals surface area (Å²) < 4.78 is 0. The first-order valence-corrected chi connectivity index (χ1v) is 10.2. The first-order valence-electron chi connectivity index (χ1n) is 9.87. The average Bonchev–Trinajstić information content (AvgIpc) is 2.87. The van der Waals surface area contributed by atoms with Crippen molar-refractivity contribution in [2.75, 3.05) is 0 Å². The van der Waals surface area contributed by atoms with Crippen molar-refractivity contribution < 1.29 is 9.90 Å². The molecule has 1 N–H and O–H groups in total. The molecule has 0 saturated carbocycles. The number of rotatable bonds is 3. The van der Waals surface area contributed by atoms with Crippen molar-refractivity contribution in [3.05, 3.63) is 105 Å². The minimum atomic E-state index is -0.883. The van der Waals surface area contributed by atoms with Crippen LogP contribution in [0.3, 0.4) is 0 Å². The lowest BCUT2D eigenvalue weighted by atomic mass is 9.86. The molecule has 0 spiro atoms. The van der Waals surface area contributed by atoms with Gasteiger partial charge >= 0.3 is 5.97 Å². The van der Waals surface area contributed by atoms with Gasteiger partial charge in [0.15, 0.2) is 0 Å². The van der Waals surface area contributed by atoms with Gasteiger partial charge in [0.1, 0.15) is 0 Å². The Morgan fingerprint density at radius 3 is 2.31 bits per heavy atom. The largest absolute Gasteiger partial charge is 0.478 e. The molecule has 146 valence electrons. The van der Waals surface area contributed by atoms with Gasteiger partial charge in [0, 0.05) is 5.02 Å². The van der Waals surface area contributed by atoms with Gasteiger partial charge in [0.2, 0.25) is 0 Å². The smallest absolute Gasteiger partial charge is 0.335 e. The summed E-state index contributed by atoms with van der Waals surface area (Å²) in [5, 5.41) is 10.2. The lowest BCUT2D eigenvalue weighted by Gasteiger charge is -2.18. The molecular formula is C26H23ClO2. The van der Waals surface area contributed by atoms with E-state index < -0.39 is 5.97 Å². The molecule has 0 saturated heterocycles. The van der Waals surface area contributed by atoms with Gasteiger partial charge in [-0.25, -0.2) is 4.79 Å². The Morgan fingerprint density at radius 1 is 0.897 bits per heavy atom. The number of carboxylic acids is 1. The molecule has 3 heteroatoms. The minimum Gasteiger partial charge on any atom is -0.478 e. The predicted octanol–water partition coefficient (Wildman–Crippen LogP) is 6.95. The van der Waals surface area contributed by atoms with Gasteiger partial charge < -0.3 is 5.11 Å². The quantitative estimate of drug-likeness (QED) is 0.514. The Labute approximate surface area is 176 Å². The molecule has 0 atom stereocenters. The Kier molecular flexibility index (Phi) is 5.29. The van der Waals surface area contributed by atoms with Crippen molar-refractivity contribution in [3.63, 3.8) is 0 Å². The maximum Gasteiger partial charge on any atom is 0.335 e. The second-order valence-electron chi connectivity index (χ2n) is 7.71. The fraction of sp³-hybridized carbons (Fsp3) is 0.192. The second kappa shape index (κ2) is 7.88. The second-order valence-corrected chi connectivity index (χ2v) is 8.15. The van der Waals surface area contributed by atoms with Crippen LogP contribution in [0.25, 0.3) is 11.1 Å². The van der Waals surface area contributed by atoms with Gasteiger partial charge in [-0.1, -0.05) is 53.6 Å². The monoisotopic (exact) mass is 402 g/mol. The van der Waals surface area contributed by atoms with Crippen molar-refractivity contribution >= 4 is 28.7 Å². The Balaban J connectivity index is 2.02. The van der Waals surface area contributed by atoms with E-state index in [9.17, 15) is 9.90 Å². The predicted molar refractivity (Wildman–Crippen MR) is 120 cm³/mol. The molecule has 0 radical (unpaired) electrons. The molecule has 0 aliphatic heterocycles. The van der Waals surface area contributed by atoms with Gasteiger partial charge in [0.05, 0.1) is 5.56 Å². The summed E-state index contributed by atoms with van der Waals surface area (Å²) in [6.45, 7) is 4.18. The van der Waals surface area contributed by atoms with Crippen LogP contribution in [-0.2, 0) is 6.42 Å². The standard InChI is InChI=1S/C26H23ClO2/c1-16-6-8-18(9-7-16)25-23-12-10-20(26(28)29)15-19(23)4-3-5-24(25)22-13-11-21(27)14-17(22)2/h6-15H,3-5H2,1-2H3,(H,28,29). The number of hydrogen-bond acceptors (Lipinski definition) is 1. The van der Waals surface area contributed by atoms with Crippen LogP contribution in [0.4, 0.5) is 0 Å². The van der Waals surface area contributed by atoms with Crippen LogP contribution < -0.4 is 0 Å². The minimum absolute atomic E-state index is 0.345. The highest BCUT2D eigenvalue weighted by atomic mass is 35.5. The maximum atomic E-state index is 11.5. The first-order chi connectivity index (χ1) is 13.9. The average molecular weight is 403 g/mol. The third kappa shape index (κ3) is 3.86. The van der Waals surface area contributed by atoms with Crippen molar-refractivity contribution in [2.45, 2.75) is 33.1 Å². The van der Waals surface area contributed by atoms with Gasteiger partial charge in [-0.2, -0.15) is 0 Å². The summed E-state index contributed by atoms with van der Waals surface area (Å²) in [7, 11) is 0. The highest BCUT2D eigenvalue weighted by Gasteiger charge is 2.22. The Morgan fingerprint density at radius 2 is 1.62 bits per heavy atom. The van der Waals surface area contributed by atoms with Crippen molar-refractivity contribution in [1.29, 1.82) is 0 Å². The maximum absolute atomic E-state index is 11.5. The number of benzene rings is 3. The third-order valence-corrected chi connectivity index (χ3v) is 5.89. The topological polar surface area (TPSA) is 37.3 Å². The molecule has 0 fully saturated rings. The molecule has 29 heavy (non-hydrogen) atoms. The van der Waals surface area contributed by atoms with E-state index in [-0.39, 0.29) is 0 Å². The Hall–Kier alpha value is -2.84. The number of fused-ring (bicyclic) bond motifs is 1. The van der Waals surface area contributed by atoms with E-state index in [4.69, 9.17) is 11.6 Å². The molecule has 0 amide bonds. The summed E-state index contributed by atoms with van der Waals surface area (Å²) in [6.07, 6.45) is 2.77. The zero-order valence-electron chi connectivity index (χ0n) is 16.6. The van der Waals surface area contributed by atoms with Crippen LogP contribution >= 0.6 is 11.6 Å².